The second-order valence-electron chi connectivity index (χ2n) is 0.860. The van der Waals surface area contributed by atoms with Crippen LogP contribution in [0.1, 0.15) is 0 Å². The third-order valence-electron chi connectivity index (χ3n) is 0.183. The molecule has 58 valence electrons. The Labute approximate surface area is 90.7 Å². The van der Waals surface area contributed by atoms with Gasteiger partial charge < -0.3 is 25.2 Å². The molecular weight excluding hydrogens is 162 g/mol. The summed E-state index contributed by atoms with van der Waals surface area (Å²) < 4.78 is 0. The summed E-state index contributed by atoms with van der Waals surface area (Å²) in [5.74, 6) is -3.65. The smallest absolute Gasteiger partial charge is 0.652 e. The Morgan fingerprint density at radius 1 is 0.833 bits per heavy atom. The van der Waals surface area contributed by atoms with Crippen LogP contribution < -0.4 is 47.9 Å². The number of hydrogen-bond donors (Lipinski definition) is 2. The average Bonchev–Trinajstić information content (AvgIpc) is 1.63. The van der Waals surface area contributed by atoms with Crippen LogP contribution in [0.4, 0.5) is 4.79 Å². The maximum Gasteiger partial charge on any atom is 1.00 e. The number of carbonyl (C=O) groups is 3. The summed E-state index contributed by atoms with van der Waals surface area (Å²) in [7, 11) is 0. The van der Waals surface area contributed by atoms with Crippen molar-refractivity contribution in [2.75, 3.05) is 0 Å². The normalized spacial score (nSPS) is 5.67. The van der Waals surface area contributed by atoms with Crippen LogP contribution in [0, 0.1) is 0 Å². The maximum atomic E-state index is 9.10. The van der Waals surface area contributed by atoms with Gasteiger partial charge in [0.05, 0.1) is 0 Å². The van der Waals surface area contributed by atoms with Gasteiger partial charge in [0, 0.05) is 0 Å². The first kappa shape index (κ1) is 22.5. The molecule has 0 aliphatic carbocycles. The van der Waals surface area contributed by atoms with Gasteiger partial charge in [-0.05, 0) is 6.16 Å². The van der Waals surface area contributed by atoms with Crippen LogP contribution in [0.2, 0.25) is 0 Å². The molecule has 0 saturated heterocycles. The van der Waals surface area contributed by atoms with Crippen molar-refractivity contribution in [3.05, 3.63) is 0 Å². The Morgan fingerprint density at radius 3 is 0.917 bits per heavy atom. The van der Waals surface area contributed by atoms with E-state index in [-0.39, 0.29) is 37.7 Å². The second-order valence-corrected chi connectivity index (χ2v) is 0.860. The zero-order chi connectivity index (χ0) is 8.73. The number of carboxylic acid groups (broad SMARTS) is 4. The fourth-order valence-electron chi connectivity index (χ4n) is 0. The molecule has 0 aliphatic heterocycles. The predicted molar refractivity (Wildman–Crippen MR) is 20.7 cm³/mol. The molecule has 0 aromatic rings. The quantitative estimate of drug-likeness (QED) is 0.267. The Balaban J connectivity index is -0.0000000483. The molecule has 0 unspecified atom stereocenters. The summed E-state index contributed by atoms with van der Waals surface area (Å²) in [4.78, 5) is 26.5. The van der Waals surface area contributed by atoms with E-state index in [1.165, 1.54) is 0 Å². The van der Waals surface area contributed by atoms with E-state index in [0.717, 1.165) is 0 Å². The van der Waals surface area contributed by atoms with E-state index in [9.17, 15) is 0 Å². The molecule has 0 amide bonds. The second kappa shape index (κ2) is 13.0. The SMILES string of the molecule is O=C(O)C(=O)O.O=C([O-])[O-].[Li+].[Li+]. The molecular formula is C3H2Li2O7. The van der Waals surface area contributed by atoms with Crippen molar-refractivity contribution in [3.8, 4) is 0 Å². The number of carboxylic acids is 2. The molecule has 0 aromatic heterocycles. The van der Waals surface area contributed by atoms with Gasteiger partial charge in [0.25, 0.3) is 0 Å². The van der Waals surface area contributed by atoms with Crippen molar-refractivity contribution in [1.29, 1.82) is 0 Å². The third kappa shape index (κ3) is 57.3. The van der Waals surface area contributed by atoms with Crippen LogP contribution in [0.3, 0.4) is 0 Å². The summed E-state index contributed by atoms with van der Waals surface area (Å²) in [6, 6.07) is 0. The first-order valence-corrected chi connectivity index (χ1v) is 1.72. The van der Waals surface area contributed by atoms with Gasteiger partial charge in [-0.1, -0.05) is 0 Å². The Morgan fingerprint density at radius 2 is 0.917 bits per heavy atom. The van der Waals surface area contributed by atoms with Crippen molar-refractivity contribution in [3.63, 3.8) is 0 Å². The number of rotatable bonds is 0. The molecule has 0 saturated carbocycles. The van der Waals surface area contributed by atoms with Gasteiger partial charge >= 0.3 is 49.7 Å². The minimum absolute atomic E-state index is 0. The molecule has 9 heteroatoms. The number of carbonyl (C=O) groups excluding carboxylic acids is 1. The van der Waals surface area contributed by atoms with Crippen molar-refractivity contribution in [2.45, 2.75) is 0 Å². The molecule has 12 heavy (non-hydrogen) atoms. The van der Waals surface area contributed by atoms with E-state index < -0.39 is 18.1 Å². The van der Waals surface area contributed by atoms with Crippen molar-refractivity contribution < 1.29 is 72.5 Å². The van der Waals surface area contributed by atoms with Gasteiger partial charge in [0.1, 0.15) is 0 Å². The van der Waals surface area contributed by atoms with Crippen LogP contribution in [-0.2, 0) is 9.59 Å². The molecule has 0 bridgehead atoms. The Bertz CT molecular complexity index is 139. The van der Waals surface area contributed by atoms with Gasteiger partial charge in [-0.3, -0.25) is 0 Å². The molecule has 0 spiro atoms. The van der Waals surface area contributed by atoms with Crippen LogP contribution in [0.25, 0.3) is 0 Å². The van der Waals surface area contributed by atoms with Gasteiger partial charge in [0.2, 0.25) is 0 Å². The fraction of sp³-hybridized carbons (Fsp3) is 0. The van der Waals surface area contributed by atoms with Gasteiger partial charge in [-0.15, -0.1) is 0 Å². The van der Waals surface area contributed by atoms with Gasteiger partial charge in [0.15, 0.2) is 0 Å². The Kier molecular flexibility index (Phi) is 24.4. The first-order chi connectivity index (χ1) is 4.37. The first-order valence-electron chi connectivity index (χ1n) is 1.72. The molecule has 0 atom stereocenters. The van der Waals surface area contributed by atoms with Crippen LogP contribution in [0.5, 0.6) is 0 Å². The molecule has 0 fully saturated rings. The van der Waals surface area contributed by atoms with Gasteiger partial charge in [-0.2, -0.15) is 0 Å². The monoisotopic (exact) mass is 164 g/mol. The summed E-state index contributed by atoms with van der Waals surface area (Å²) in [5, 5.41) is 31.4. The van der Waals surface area contributed by atoms with Crippen molar-refractivity contribution in [2.24, 2.45) is 0 Å². The van der Waals surface area contributed by atoms with Crippen LogP contribution >= 0.6 is 0 Å². The standard InChI is InChI=1S/C2H2O4.CH2O3.2Li/c3-1(4)2(5)6;2-1(3)4;;/h(H,3,4)(H,5,6);(H2,2,3,4);;/q;;2*+1/p-2. The number of hydrogen-bond acceptors (Lipinski definition) is 5. The molecule has 0 heterocycles. The fourth-order valence-corrected chi connectivity index (χ4v) is 0. The van der Waals surface area contributed by atoms with Crippen molar-refractivity contribution in [1.82, 2.24) is 0 Å². The molecule has 7 nitrogen and oxygen atoms in total. The van der Waals surface area contributed by atoms with E-state index in [1.54, 1.807) is 0 Å². The van der Waals surface area contributed by atoms with Crippen LogP contribution in [-0.4, -0.2) is 28.3 Å². The molecule has 0 rings (SSSR count). The summed E-state index contributed by atoms with van der Waals surface area (Å²) in [6.07, 6.45) is -2.33. The van der Waals surface area contributed by atoms with E-state index >= 15 is 0 Å². The minimum atomic E-state index is -2.33. The molecule has 0 radical (unpaired) electrons. The predicted octanol–water partition coefficient (Wildman–Crippen LogP) is -9.28. The topological polar surface area (TPSA) is 138 Å². The van der Waals surface area contributed by atoms with E-state index in [2.05, 4.69) is 0 Å². The molecule has 0 aliphatic rings. The van der Waals surface area contributed by atoms with E-state index in [0.29, 0.717) is 0 Å². The van der Waals surface area contributed by atoms with Gasteiger partial charge in [-0.25, -0.2) is 9.59 Å². The Hall–Kier alpha value is -0.595. The summed E-state index contributed by atoms with van der Waals surface area (Å²) in [5.41, 5.74) is 0. The molecule has 2 N–H and O–H groups in total. The zero-order valence-corrected chi connectivity index (χ0v) is 6.44. The minimum Gasteiger partial charge on any atom is -0.652 e. The van der Waals surface area contributed by atoms with E-state index in [4.69, 9.17) is 34.8 Å². The maximum absolute atomic E-state index is 9.10. The zero-order valence-electron chi connectivity index (χ0n) is 6.44. The summed E-state index contributed by atoms with van der Waals surface area (Å²) >= 11 is 0. The average molecular weight is 164 g/mol. The third-order valence-corrected chi connectivity index (χ3v) is 0.183. The number of aliphatic carboxylic acids is 2. The van der Waals surface area contributed by atoms with Crippen LogP contribution in [0.15, 0.2) is 0 Å². The largest absolute Gasteiger partial charge is 1.00 e. The van der Waals surface area contributed by atoms with E-state index in [1.807, 2.05) is 0 Å². The summed E-state index contributed by atoms with van der Waals surface area (Å²) in [6.45, 7) is 0. The van der Waals surface area contributed by atoms with Crippen molar-refractivity contribution >= 4 is 18.1 Å². The molecule has 0 aromatic carbocycles.